The van der Waals surface area contributed by atoms with E-state index in [0.29, 0.717) is 12.6 Å². The predicted octanol–water partition coefficient (Wildman–Crippen LogP) is 3.56. The van der Waals surface area contributed by atoms with Gasteiger partial charge in [0.05, 0.1) is 12.3 Å². The molecule has 4 nitrogen and oxygen atoms in total. The van der Waals surface area contributed by atoms with E-state index >= 15 is 0 Å². The number of rotatable bonds is 7. The van der Waals surface area contributed by atoms with Crippen LogP contribution in [0.3, 0.4) is 0 Å². The number of nitrogens with zero attached hydrogens (tertiary/aromatic N) is 2. The molecule has 120 valence electrons. The average Bonchev–Trinajstić information content (AvgIpc) is 2.72. The molecule has 1 aliphatic rings. The predicted molar refractivity (Wildman–Crippen MR) is 90.1 cm³/mol. The number of hydrogen-bond acceptors (Lipinski definition) is 5. The van der Waals surface area contributed by atoms with Crippen molar-refractivity contribution in [2.75, 3.05) is 25.6 Å². The summed E-state index contributed by atoms with van der Waals surface area (Å²) in [5, 5.41) is 4.56. The van der Waals surface area contributed by atoms with Gasteiger partial charge in [-0.15, -0.1) is 11.3 Å². The van der Waals surface area contributed by atoms with Crippen molar-refractivity contribution in [1.82, 2.24) is 10.3 Å². The van der Waals surface area contributed by atoms with Gasteiger partial charge in [-0.2, -0.15) is 0 Å². The van der Waals surface area contributed by atoms with Gasteiger partial charge in [0, 0.05) is 31.6 Å². The molecule has 0 atom stereocenters. The molecule has 0 unspecified atom stereocenters. The molecule has 21 heavy (non-hydrogen) atoms. The third-order valence-electron chi connectivity index (χ3n) is 4.26. The van der Waals surface area contributed by atoms with Crippen LogP contribution in [0.25, 0.3) is 0 Å². The van der Waals surface area contributed by atoms with Gasteiger partial charge in [0.25, 0.3) is 0 Å². The molecule has 1 aromatic rings. The van der Waals surface area contributed by atoms with Gasteiger partial charge >= 0.3 is 0 Å². The molecule has 0 saturated heterocycles. The summed E-state index contributed by atoms with van der Waals surface area (Å²) >= 11 is 1.82. The van der Waals surface area contributed by atoms with Crippen molar-refractivity contribution >= 4 is 16.5 Å². The molecule has 1 aromatic heterocycles. The third kappa shape index (κ3) is 4.66. The summed E-state index contributed by atoms with van der Waals surface area (Å²) in [6.45, 7) is 4.62. The minimum atomic E-state index is 0.607. The van der Waals surface area contributed by atoms with Gasteiger partial charge in [-0.1, -0.05) is 32.6 Å². The quantitative estimate of drug-likeness (QED) is 0.781. The fraction of sp³-hybridized carbons (Fsp3) is 0.812. The number of methoxy groups -OCH3 is 1. The lowest BCUT2D eigenvalue weighted by molar-refractivity contribution is 0.181. The van der Waals surface area contributed by atoms with Gasteiger partial charge in [-0.25, -0.2) is 4.98 Å². The van der Waals surface area contributed by atoms with Crippen LogP contribution in [0, 0.1) is 0 Å². The summed E-state index contributed by atoms with van der Waals surface area (Å²) in [6.07, 6.45) is 8.10. The van der Waals surface area contributed by atoms with E-state index in [2.05, 4.69) is 24.2 Å². The van der Waals surface area contributed by atoms with Crippen LogP contribution in [-0.4, -0.2) is 31.7 Å². The van der Waals surface area contributed by atoms with Gasteiger partial charge in [-0.05, 0) is 19.4 Å². The first-order valence-electron chi connectivity index (χ1n) is 8.17. The molecule has 0 bridgehead atoms. The summed E-state index contributed by atoms with van der Waals surface area (Å²) in [4.78, 5) is 8.56. The van der Waals surface area contributed by atoms with Crippen LogP contribution in [0.5, 0.6) is 0 Å². The minimum absolute atomic E-state index is 0.607. The molecule has 1 aliphatic carbocycles. The second-order valence-electron chi connectivity index (χ2n) is 5.84. The van der Waals surface area contributed by atoms with Crippen LogP contribution in [0.4, 0.5) is 5.13 Å². The smallest absolute Gasteiger partial charge is 0.185 e. The lowest BCUT2D eigenvalue weighted by Gasteiger charge is -2.26. The maximum Gasteiger partial charge on any atom is 0.185 e. The molecular weight excluding hydrogens is 282 g/mol. The molecule has 0 aromatic carbocycles. The lowest BCUT2D eigenvalue weighted by Crippen LogP contribution is -2.30. The van der Waals surface area contributed by atoms with Crippen molar-refractivity contribution in [2.45, 2.75) is 64.6 Å². The summed E-state index contributed by atoms with van der Waals surface area (Å²) in [7, 11) is 3.95. The molecule has 1 saturated carbocycles. The highest BCUT2D eigenvalue weighted by molar-refractivity contribution is 7.15. The third-order valence-corrected chi connectivity index (χ3v) is 5.45. The zero-order valence-electron chi connectivity index (χ0n) is 13.7. The molecule has 5 heteroatoms. The average molecular weight is 311 g/mol. The van der Waals surface area contributed by atoms with Crippen molar-refractivity contribution < 1.29 is 4.74 Å². The monoisotopic (exact) mass is 311 g/mol. The Morgan fingerprint density at radius 3 is 2.62 bits per heavy atom. The molecule has 0 spiro atoms. The number of ether oxygens (including phenoxy) is 1. The van der Waals surface area contributed by atoms with Crippen LogP contribution in [-0.2, 0) is 17.9 Å². The Morgan fingerprint density at radius 2 is 2.00 bits per heavy atom. The molecule has 0 aliphatic heterocycles. The fourth-order valence-corrected chi connectivity index (χ4v) is 4.01. The largest absolute Gasteiger partial charge is 0.378 e. The normalized spacial score (nSPS) is 16.9. The molecule has 1 fully saturated rings. The zero-order chi connectivity index (χ0) is 15.1. The molecule has 1 N–H and O–H groups in total. The Hall–Kier alpha value is -0.650. The van der Waals surface area contributed by atoms with Crippen molar-refractivity contribution in [3.05, 3.63) is 10.6 Å². The van der Waals surface area contributed by atoms with E-state index in [9.17, 15) is 0 Å². The van der Waals surface area contributed by atoms with Gasteiger partial charge in [0.2, 0.25) is 0 Å². The number of hydrogen-bond donors (Lipinski definition) is 1. The first-order valence-corrected chi connectivity index (χ1v) is 8.99. The van der Waals surface area contributed by atoms with Crippen molar-refractivity contribution in [3.63, 3.8) is 0 Å². The summed E-state index contributed by atoms with van der Waals surface area (Å²) in [5.74, 6) is 0. The lowest BCUT2D eigenvalue weighted by atomic mass is 10.1. The van der Waals surface area contributed by atoms with Gasteiger partial charge in [0.1, 0.15) is 0 Å². The molecular formula is C16H29N3OS. The van der Waals surface area contributed by atoms with Gasteiger partial charge < -0.3 is 15.0 Å². The van der Waals surface area contributed by atoms with Crippen LogP contribution in [0.15, 0.2) is 0 Å². The second kappa shape index (κ2) is 8.71. The highest BCUT2D eigenvalue weighted by Gasteiger charge is 2.21. The van der Waals surface area contributed by atoms with Crippen molar-refractivity contribution in [1.29, 1.82) is 0 Å². The minimum Gasteiger partial charge on any atom is -0.378 e. The van der Waals surface area contributed by atoms with Crippen LogP contribution in [0.1, 0.15) is 56.0 Å². The van der Waals surface area contributed by atoms with Crippen LogP contribution < -0.4 is 10.2 Å². The SMILES string of the molecule is CCNCc1sc(N(C)C2CCCCCC2)nc1COC. The van der Waals surface area contributed by atoms with E-state index in [1.54, 1.807) is 7.11 Å². The van der Waals surface area contributed by atoms with E-state index < -0.39 is 0 Å². The molecule has 0 amide bonds. The second-order valence-corrected chi connectivity index (χ2v) is 6.90. The summed E-state index contributed by atoms with van der Waals surface area (Å²) < 4.78 is 5.30. The van der Waals surface area contributed by atoms with E-state index in [1.165, 1.54) is 43.4 Å². The Morgan fingerprint density at radius 1 is 1.29 bits per heavy atom. The van der Waals surface area contributed by atoms with Gasteiger partial charge in [0.15, 0.2) is 5.13 Å². The Kier molecular flexibility index (Phi) is 6.93. The van der Waals surface area contributed by atoms with Gasteiger partial charge in [-0.3, -0.25) is 0 Å². The van der Waals surface area contributed by atoms with E-state index in [4.69, 9.17) is 9.72 Å². The first kappa shape index (κ1) is 16.7. The van der Waals surface area contributed by atoms with Crippen LogP contribution >= 0.6 is 11.3 Å². The van der Waals surface area contributed by atoms with Crippen LogP contribution in [0.2, 0.25) is 0 Å². The van der Waals surface area contributed by atoms with E-state index in [0.717, 1.165) is 23.9 Å². The standard InChI is InChI=1S/C16H29N3OS/c1-4-17-11-15-14(12-20-3)18-16(21-15)19(2)13-9-7-5-6-8-10-13/h13,17H,4-12H2,1-3H3. The van der Waals surface area contributed by atoms with Crippen molar-refractivity contribution in [2.24, 2.45) is 0 Å². The first-order chi connectivity index (χ1) is 10.3. The fourth-order valence-electron chi connectivity index (χ4n) is 2.95. The maximum absolute atomic E-state index is 5.30. The highest BCUT2D eigenvalue weighted by Crippen LogP contribution is 2.31. The number of thiazole rings is 1. The maximum atomic E-state index is 5.30. The zero-order valence-corrected chi connectivity index (χ0v) is 14.5. The van der Waals surface area contributed by atoms with Crippen molar-refractivity contribution in [3.8, 4) is 0 Å². The van der Waals surface area contributed by atoms with E-state index in [-0.39, 0.29) is 0 Å². The number of aromatic nitrogens is 1. The molecule has 0 radical (unpaired) electrons. The Balaban J connectivity index is 2.09. The summed E-state index contributed by atoms with van der Waals surface area (Å²) in [6, 6.07) is 0.654. The Bertz CT molecular complexity index is 414. The summed E-state index contributed by atoms with van der Waals surface area (Å²) in [5.41, 5.74) is 1.10. The molecule has 2 rings (SSSR count). The topological polar surface area (TPSA) is 37.4 Å². The molecule has 1 heterocycles. The highest BCUT2D eigenvalue weighted by atomic mass is 32.1. The Labute approximate surface area is 132 Å². The number of nitrogens with one attached hydrogen (secondary N) is 1. The number of anilines is 1. The van der Waals surface area contributed by atoms with E-state index in [1.807, 2.05) is 11.3 Å².